The zero-order valence-corrected chi connectivity index (χ0v) is 12.8. The Kier molecular flexibility index (Phi) is 4.57. The molecule has 1 heterocycles. The van der Waals surface area contributed by atoms with Gasteiger partial charge in [-0.05, 0) is 17.2 Å². The third-order valence-electron chi connectivity index (χ3n) is 4.40. The smallest absolute Gasteiger partial charge is 0.308 e. The van der Waals surface area contributed by atoms with Crippen molar-refractivity contribution in [1.82, 2.24) is 4.90 Å². The molecule has 0 radical (unpaired) electrons. The summed E-state index contributed by atoms with van der Waals surface area (Å²) in [5.41, 5.74) is 0.921. The summed E-state index contributed by atoms with van der Waals surface area (Å²) in [5, 5.41) is 9.43. The van der Waals surface area contributed by atoms with E-state index < -0.39 is 35.3 Å². The highest BCUT2D eigenvalue weighted by Gasteiger charge is 2.40. The molecule has 6 heteroatoms. The van der Waals surface area contributed by atoms with E-state index in [4.69, 9.17) is 0 Å². The summed E-state index contributed by atoms with van der Waals surface area (Å²) in [7, 11) is 0. The number of carboxylic acids is 1. The van der Waals surface area contributed by atoms with Crippen molar-refractivity contribution >= 4 is 5.97 Å². The van der Waals surface area contributed by atoms with Gasteiger partial charge in [0.25, 0.3) is 0 Å². The minimum atomic E-state index is -1.28. The minimum Gasteiger partial charge on any atom is -0.481 e. The minimum absolute atomic E-state index is 0.0862. The monoisotopic (exact) mass is 335 g/mol. The molecule has 0 saturated carbocycles. The Morgan fingerprint density at radius 1 is 1.04 bits per heavy atom. The topological polar surface area (TPSA) is 40.5 Å². The number of carbonyl (C=O) groups is 1. The zero-order chi connectivity index (χ0) is 17.3. The van der Waals surface area contributed by atoms with E-state index in [0.717, 1.165) is 11.6 Å². The lowest BCUT2D eigenvalue weighted by Crippen LogP contribution is -2.23. The summed E-state index contributed by atoms with van der Waals surface area (Å²) in [4.78, 5) is 13.4. The molecule has 0 spiro atoms. The Labute approximate surface area is 137 Å². The molecule has 0 unspecified atom stereocenters. The molecule has 1 aliphatic heterocycles. The Morgan fingerprint density at radius 2 is 1.71 bits per heavy atom. The normalized spacial score (nSPS) is 21.1. The van der Waals surface area contributed by atoms with Crippen LogP contribution in [0.15, 0.2) is 42.5 Å². The van der Waals surface area contributed by atoms with Gasteiger partial charge < -0.3 is 5.11 Å². The summed E-state index contributed by atoms with van der Waals surface area (Å²) >= 11 is 0. The first-order valence-corrected chi connectivity index (χ1v) is 7.59. The molecular weight excluding hydrogens is 319 g/mol. The van der Waals surface area contributed by atoms with E-state index in [-0.39, 0.29) is 18.7 Å². The first-order valence-electron chi connectivity index (χ1n) is 7.59. The Hall–Kier alpha value is -2.34. The fourth-order valence-corrected chi connectivity index (χ4v) is 3.24. The Morgan fingerprint density at radius 3 is 2.38 bits per heavy atom. The first-order chi connectivity index (χ1) is 11.5. The first kappa shape index (κ1) is 16.5. The van der Waals surface area contributed by atoms with E-state index in [9.17, 15) is 23.1 Å². The van der Waals surface area contributed by atoms with Crippen LogP contribution in [0.4, 0.5) is 13.2 Å². The molecule has 3 nitrogen and oxygen atoms in total. The molecule has 2 aromatic rings. The van der Waals surface area contributed by atoms with Gasteiger partial charge in [0.2, 0.25) is 0 Å². The molecule has 0 aromatic heterocycles. The molecule has 0 bridgehead atoms. The maximum Gasteiger partial charge on any atom is 0.308 e. The number of hydrogen-bond acceptors (Lipinski definition) is 2. The number of nitrogens with zero attached hydrogens (tertiary/aromatic N) is 1. The van der Waals surface area contributed by atoms with Crippen molar-refractivity contribution in [3.05, 3.63) is 71.0 Å². The molecule has 2 atom stereocenters. The number of halogens is 3. The summed E-state index contributed by atoms with van der Waals surface area (Å²) in [6.07, 6.45) is 0. The Bertz CT molecular complexity index is 751. The number of aliphatic carboxylic acids is 1. The van der Waals surface area contributed by atoms with Gasteiger partial charge in [-0.2, -0.15) is 0 Å². The van der Waals surface area contributed by atoms with E-state index in [1.54, 1.807) is 0 Å². The second-order valence-corrected chi connectivity index (χ2v) is 6.02. The van der Waals surface area contributed by atoms with Crippen molar-refractivity contribution in [3.8, 4) is 0 Å². The number of benzene rings is 2. The fourth-order valence-electron chi connectivity index (χ4n) is 3.24. The highest BCUT2D eigenvalue weighted by atomic mass is 19.2. The highest BCUT2D eigenvalue weighted by molar-refractivity contribution is 5.72. The summed E-state index contributed by atoms with van der Waals surface area (Å²) < 4.78 is 40.7. The van der Waals surface area contributed by atoms with Crippen molar-refractivity contribution in [2.75, 3.05) is 13.1 Å². The summed E-state index contributed by atoms with van der Waals surface area (Å²) in [5.74, 6) is -6.01. The van der Waals surface area contributed by atoms with Crippen molar-refractivity contribution in [3.63, 3.8) is 0 Å². The van der Waals surface area contributed by atoms with Crippen molar-refractivity contribution in [1.29, 1.82) is 0 Å². The lowest BCUT2D eigenvalue weighted by molar-refractivity contribution is -0.141. The second-order valence-electron chi connectivity index (χ2n) is 6.02. The van der Waals surface area contributed by atoms with E-state index in [2.05, 4.69) is 0 Å². The number of likely N-dealkylation sites (tertiary alicyclic amines) is 1. The van der Waals surface area contributed by atoms with E-state index in [1.165, 1.54) is 0 Å². The predicted octanol–water partition coefficient (Wildman–Crippen LogP) is 3.40. The van der Waals surface area contributed by atoms with Gasteiger partial charge in [0, 0.05) is 31.6 Å². The maximum atomic E-state index is 14.1. The Balaban J connectivity index is 1.86. The summed E-state index contributed by atoms with van der Waals surface area (Å²) in [6.45, 7) is 1.02. The third kappa shape index (κ3) is 3.28. The van der Waals surface area contributed by atoms with Crippen molar-refractivity contribution < 1.29 is 23.1 Å². The van der Waals surface area contributed by atoms with Crippen LogP contribution in [0.3, 0.4) is 0 Å². The van der Waals surface area contributed by atoms with Crippen LogP contribution in [-0.2, 0) is 11.3 Å². The average Bonchev–Trinajstić information content (AvgIpc) is 2.96. The van der Waals surface area contributed by atoms with E-state index in [1.807, 2.05) is 35.2 Å². The molecule has 1 saturated heterocycles. The van der Waals surface area contributed by atoms with Crippen LogP contribution in [0.2, 0.25) is 0 Å². The van der Waals surface area contributed by atoms with Crippen LogP contribution in [0, 0.1) is 23.4 Å². The molecule has 2 aromatic carbocycles. The van der Waals surface area contributed by atoms with Crippen molar-refractivity contribution in [2.24, 2.45) is 5.92 Å². The van der Waals surface area contributed by atoms with Crippen LogP contribution in [0.1, 0.15) is 17.0 Å². The van der Waals surface area contributed by atoms with Gasteiger partial charge >= 0.3 is 5.97 Å². The van der Waals surface area contributed by atoms with Crippen LogP contribution in [0.25, 0.3) is 0 Å². The molecule has 1 aliphatic rings. The molecule has 3 rings (SSSR count). The molecule has 1 N–H and O–H groups in total. The van der Waals surface area contributed by atoms with Gasteiger partial charge in [0.1, 0.15) is 5.82 Å². The van der Waals surface area contributed by atoms with Gasteiger partial charge in [0.15, 0.2) is 11.6 Å². The van der Waals surface area contributed by atoms with Gasteiger partial charge in [-0.3, -0.25) is 9.69 Å². The van der Waals surface area contributed by atoms with Gasteiger partial charge in [-0.25, -0.2) is 13.2 Å². The second kappa shape index (κ2) is 6.65. The lowest BCUT2D eigenvalue weighted by atomic mass is 9.88. The van der Waals surface area contributed by atoms with Crippen LogP contribution in [0.5, 0.6) is 0 Å². The molecular formula is C18H16F3NO2. The highest BCUT2D eigenvalue weighted by Crippen LogP contribution is 2.35. The van der Waals surface area contributed by atoms with E-state index in [0.29, 0.717) is 12.6 Å². The summed E-state index contributed by atoms with van der Waals surface area (Å²) in [6, 6.07) is 10.7. The molecule has 0 amide bonds. The molecule has 24 heavy (non-hydrogen) atoms. The standard InChI is InChI=1S/C18H16F3NO2/c19-15-7-17(21)16(20)6-12(15)13-9-22(10-14(13)18(23)24)8-11-4-2-1-3-5-11/h1-7,13-14H,8-10H2,(H,23,24)/t13-,14+/m1/s1. The predicted molar refractivity (Wildman–Crippen MR) is 81.9 cm³/mol. The number of hydrogen-bond donors (Lipinski definition) is 1. The van der Waals surface area contributed by atoms with Crippen LogP contribution in [-0.4, -0.2) is 29.1 Å². The van der Waals surface area contributed by atoms with Gasteiger partial charge in [-0.1, -0.05) is 30.3 Å². The lowest BCUT2D eigenvalue weighted by Gasteiger charge is -2.17. The van der Waals surface area contributed by atoms with Gasteiger partial charge in [0.05, 0.1) is 5.92 Å². The quantitative estimate of drug-likeness (QED) is 0.871. The average molecular weight is 335 g/mol. The SMILES string of the molecule is O=C(O)[C@H]1CN(Cc2ccccc2)C[C@@H]1c1cc(F)c(F)cc1F. The van der Waals surface area contributed by atoms with Crippen LogP contribution >= 0.6 is 0 Å². The molecule has 126 valence electrons. The molecule has 1 fully saturated rings. The van der Waals surface area contributed by atoms with Crippen LogP contribution < -0.4 is 0 Å². The largest absolute Gasteiger partial charge is 0.481 e. The maximum absolute atomic E-state index is 14.1. The van der Waals surface area contributed by atoms with Gasteiger partial charge in [-0.15, -0.1) is 0 Å². The number of rotatable bonds is 4. The number of carboxylic acid groups (broad SMARTS) is 1. The van der Waals surface area contributed by atoms with E-state index >= 15 is 0 Å². The zero-order valence-electron chi connectivity index (χ0n) is 12.8. The van der Waals surface area contributed by atoms with Crippen molar-refractivity contribution in [2.45, 2.75) is 12.5 Å². The molecule has 0 aliphatic carbocycles. The fraction of sp³-hybridized carbons (Fsp3) is 0.278. The third-order valence-corrected chi connectivity index (χ3v) is 4.40.